The van der Waals surface area contributed by atoms with Crippen LogP contribution in [-0.4, -0.2) is 39.8 Å². The van der Waals surface area contributed by atoms with Crippen molar-refractivity contribution in [2.75, 3.05) is 13.7 Å². The average Bonchev–Trinajstić information content (AvgIpc) is 2.72. The molecule has 3 atom stereocenters. The number of methoxy groups -OCH3 is 1. The van der Waals surface area contributed by atoms with Crippen LogP contribution in [0.25, 0.3) is 0 Å². The number of hydrogen-bond acceptors (Lipinski definition) is 5. The fraction of sp³-hybridized carbons (Fsp3) is 0.429. The highest BCUT2D eigenvalue weighted by molar-refractivity contribution is 7.91. The van der Waals surface area contributed by atoms with Crippen LogP contribution in [0.4, 0.5) is 0 Å². The first kappa shape index (κ1) is 20.0. The molecule has 146 valence electrons. The molecule has 0 unspecified atom stereocenters. The Kier molecular flexibility index (Phi) is 7.01. The van der Waals surface area contributed by atoms with Gasteiger partial charge in [-0.15, -0.1) is 0 Å². The third-order valence-corrected chi connectivity index (χ3v) is 6.70. The van der Waals surface area contributed by atoms with Gasteiger partial charge in [0.2, 0.25) is 9.84 Å². The van der Waals surface area contributed by atoms with Gasteiger partial charge in [0, 0.05) is 26.6 Å². The molecular weight excluding hydrogens is 364 g/mol. The molecule has 1 aliphatic heterocycles. The van der Waals surface area contributed by atoms with Gasteiger partial charge in [0.1, 0.15) is 0 Å². The predicted octanol–water partition coefficient (Wildman–Crippen LogP) is 3.59. The topological polar surface area (TPSA) is 61.8 Å². The van der Waals surface area contributed by atoms with Gasteiger partial charge in [-0.05, 0) is 24.1 Å². The number of ether oxygens (including phenoxy) is 3. The van der Waals surface area contributed by atoms with Crippen molar-refractivity contribution in [1.82, 2.24) is 0 Å². The third-order valence-electron chi connectivity index (χ3n) is 4.77. The van der Waals surface area contributed by atoms with Crippen molar-refractivity contribution in [3.63, 3.8) is 0 Å². The van der Waals surface area contributed by atoms with Crippen LogP contribution in [0.3, 0.4) is 0 Å². The van der Waals surface area contributed by atoms with Crippen molar-refractivity contribution in [2.24, 2.45) is 0 Å². The Balaban J connectivity index is 1.58. The predicted molar refractivity (Wildman–Crippen MR) is 103 cm³/mol. The quantitative estimate of drug-likeness (QED) is 0.645. The molecule has 1 saturated heterocycles. The minimum atomic E-state index is -3.55. The van der Waals surface area contributed by atoms with Crippen LogP contribution in [0, 0.1) is 0 Å². The van der Waals surface area contributed by atoms with Crippen LogP contribution in [-0.2, 0) is 30.7 Å². The summed E-state index contributed by atoms with van der Waals surface area (Å²) in [7, 11) is -1.94. The monoisotopic (exact) mass is 390 g/mol. The van der Waals surface area contributed by atoms with Gasteiger partial charge < -0.3 is 14.2 Å². The Morgan fingerprint density at radius 3 is 2.33 bits per heavy atom. The first-order valence-corrected chi connectivity index (χ1v) is 10.7. The lowest BCUT2D eigenvalue weighted by molar-refractivity contribution is -0.0853. The minimum absolute atomic E-state index is 0.138. The summed E-state index contributed by atoms with van der Waals surface area (Å²) in [5.74, 6) is 0. The van der Waals surface area contributed by atoms with Gasteiger partial charge in [0.15, 0.2) is 5.44 Å². The zero-order valence-corrected chi connectivity index (χ0v) is 16.3. The highest BCUT2D eigenvalue weighted by Crippen LogP contribution is 2.30. The summed E-state index contributed by atoms with van der Waals surface area (Å²) in [4.78, 5) is 0.283. The third kappa shape index (κ3) is 5.39. The molecule has 1 aliphatic rings. The molecule has 1 fully saturated rings. The normalized spacial score (nSPS) is 23.2. The van der Waals surface area contributed by atoms with E-state index < -0.39 is 15.3 Å². The molecule has 0 bridgehead atoms. The van der Waals surface area contributed by atoms with Gasteiger partial charge in [0.25, 0.3) is 0 Å². The van der Waals surface area contributed by atoms with E-state index in [9.17, 15) is 8.42 Å². The molecule has 1 heterocycles. The maximum atomic E-state index is 12.9. The van der Waals surface area contributed by atoms with Crippen molar-refractivity contribution >= 4 is 9.84 Å². The van der Waals surface area contributed by atoms with Gasteiger partial charge >= 0.3 is 0 Å². The van der Waals surface area contributed by atoms with E-state index in [0.29, 0.717) is 32.5 Å². The fourth-order valence-electron chi connectivity index (χ4n) is 3.25. The number of benzene rings is 2. The summed E-state index contributed by atoms with van der Waals surface area (Å²) in [5.41, 5.74) is 0.221. The van der Waals surface area contributed by atoms with Crippen LogP contribution >= 0.6 is 0 Å². The van der Waals surface area contributed by atoms with Crippen LogP contribution in [0.2, 0.25) is 0 Å². The molecule has 0 saturated carbocycles. The largest absolute Gasteiger partial charge is 0.381 e. The van der Waals surface area contributed by atoms with Crippen LogP contribution in [0.15, 0.2) is 65.6 Å². The molecule has 2 aromatic rings. The summed E-state index contributed by atoms with van der Waals surface area (Å²) in [5, 5.41) is 0. The highest BCUT2D eigenvalue weighted by atomic mass is 32.2. The van der Waals surface area contributed by atoms with Crippen LogP contribution in [0.5, 0.6) is 0 Å². The second kappa shape index (κ2) is 9.46. The molecule has 2 aromatic carbocycles. The summed E-state index contributed by atoms with van der Waals surface area (Å²) >= 11 is 0. The molecule has 3 rings (SSSR count). The molecule has 0 aromatic heterocycles. The number of hydrogen-bond donors (Lipinski definition) is 0. The Hall–Kier alpha value is -1.73. The highest BCUT2D eigenvalue weighted by Gasteiger charge is 2.38. The van der Waals surface area contributed by atoms with Crippen molar-refractivity contribution in [1.29, 1.82) is 0 Å². The second-order valence-electron chi connectivity index (χ2n) is 6.70. The molecule has 0 N–H and O–H groups in total. The van der Waals surface area contributed by atoms with Gasteiger partial charge in [0.05, 0.1) is 23.7 Å². The van der Waals surface area contributed by atoms with Gasteiger partial charge in [-0.1, -0.05) is 48.5 Å². The smallest absolute Gasteiger partial charge is 0.205 e. The average molecular weight is 391 g/mol. The van der Waals surface area contributed by atoms with Crippen LogP contribution in [0.1, 0.15) is 24.8 Å². The molecule has 0 spiro atoms. The Morgan fingerprint density at radius 2 is 1.67 bits per heavy atom. The minimum Gasteiger partial charge on any atom is -0.381 e. The SMILES string of the molecule is CO[C@H]1C[C@@H](CCOCc2ccccc2)O[C@H](S(=O)(=O)c2ccccc2)C1. The van der Waals surface area contributed by atoms with E-state index in [1.165, 1.54) is 0 Å². The lowest BCUT2D eigenvalue weighted by Crippen LogP contribution is -2.41. The Bertz CT molecular complexity index is 792. The molecule has 0 aliphatic carbocycles. The standard InChI is InChI=1S/C21H26O5S/c1-24-19-14-18(12-13-25-16-17-8-4-2-5-9-17)26-21(15-19)27(22,23)20-10-6-3-7-11-20/h2-11,18-19,21H,12-16H2,1H3/t18-,19+,21-/m1/s1. The van der Waals surface area contributed by atoms with Gasteiger partial charge in [-0.3, -0.25) is 0 Å². The maximum absolute atomic E-state index is 12.9. The number of sulfone groups is 1. The summed E-state index contributed by atoms with van der Waals surface area (Å²) < 4.78 is 42.9. The molecule has 6 heteroatoms. The molecular formula is C21H26O5S. The Labute approximate surface area is 161 Å². The first-order valence-electron chi connectivity index (χ1n) is 9.18. The van der Waals surface area contributed by atoms with E-state index in [1.807, 2.05) is 30.3 Å². The van der Waals surface area contributed by atoms with E-state index in [1.54, 1.807) is 37.4 Å². The summed E-state index contributed by atoms with van der Waals surface area (Å²) in [6.07, 6.45) is 1.30. The van der Waals surface area contributed by atoms with Gasteiger partial charge in [-0.25, -0.2) is 8.42 Å². The maximum Gasteiger partial charge on any atom is 0.205 e. The van der Waals surface area contributed by atoms with Crippen molar-refractivity contribution in [3.8, 4) is 0 Å². The number of rotatable bonds is 8. The zero-order valence-electron chi connectivity index (χ0n) is 15.5. The first-order chi connectivity index (χ1) is 13.1. The second-order valence-corrected chi connectivity index (χ2v) is 8.79. The fourth-order valence-corrected chi connectivity index (χ4v) is 4.86. The van der Waals surface area contributed by atoms with E-state index >= 15 is 0 Å². The lowest BCUT2D eigenvalue weighted by atomic mass is 10.0. The van der Waals surface area contributed by atoms with E-state index in [2.05, 4.69) is 0 Å². The molecule has 0 amide bonds. The summed E-state index contributed by atoms with van der Waals surface area (Å²) in [6.45, 7) is 1.04. The van der Waals surface area contributed by atoms with Crippen LogP contribution < -0.4 is 0 Å². The van der Waals surface area contributed by atoms with Crippen molar-refractivity contribution in [3.05, 3.63) is 66.2 Å². The van der Waals surface area contributed by atoms with E-state index in [4.69, 9.17) is 14.2 Å². The van der Waals surface area contributed by atoms with Crippen molar-refractivity contribution in [2.45, 2.75) is 48.4 Å². The van der Waals surface area contributed by atoms with E-state index in [-0.39, 0.29) is 17.1 Å². The Morgan fingerprint density at radius 1 is 1.00 bits per heavy atom. The molecule has 27 heavy (non-hydrogen) atoms. The summed E-state index contributed by atoms with van der Waals surface area (Å²) in [6, 6.07) is 18.4. The van der Waals surface area contributed by atoms with Gasteiger partial charge in [-0.2, -0.15) is 0 Å². The molecule has 0 radical (unpaired) electrons. The lowest BCUT2D eigenvalue weighted by Gasteiger charge is -2.34. The zero-order chi connectivity index (χ0) is 19.1. The van der Waals surface area contributed by atoms with Crippen molar-refractivity contribution < 1.29 is 22.6 Å². The van der Waals surface area contributed by atoms with E-state index in [0.717, 1.165) is 5.56 Å². The molecule has 5 nitrogen and oxygen atoms in total.